The first-order valence-electron chi connectivity index (χ1n) is 9.12. The van der Waals surface area contributed by atoms with Crippen molar-refractivity contribution < 1.29 is 14.7 Å². The minimum Gasteiger partial charge on any atom is -0.480 e. The van der Waals surface area contributed by atoms with E-state index in [4.69, 9.17) is 39.8 Å². The third-order valence-electron chi connectivity index (χ3n) is 3.60. The Kier molecular flexibility index (Phi) is 15.8. The van der Waals surface area contributed by atoms with Crippen molar-refractivity contribution in [2.45, 2.75) is 31.8 Å². The fourth-order valence-electron chi connectivity index (χ4n) is 2.03. The number of carbonyl (C=O) groups excluding carboxylic acids is 1. The van der Waals surface area contributed by atoms with Crippen LogP contribution in [-0.2, 0) is 11.3 Å². The number of halogens is 2. The fourth-order valence-corrected chi connectivity index (χ4v) is 2.48. The van der Waals surface area contributed by atoms with Crippen LogP contribution in [0.3, 0.4) is 0 Å². The zero-order valence-corrected chi connectivity index (χ0v) is 18.0. The van der Waals surface area contributed by atoms with Crippen molar-refractivity contribution in [2.24, 2.45) is 11.5 Å². The number of carbonyl (C=O) groups is 2. The average Bonchev–Trinajstić information content (AvgIpc) is 2.70. The molecular weight excluding hydrogens is 413 g/mol. The summed E-state index contributed by atoms with van der Waals surface area (Å²) in [4.78, 5) is 20.3. The summed E-state index contributed by atoms with van der Waals surface area (Å²) in [6, 6.07) is 14.4. The highest BCUT2D eigenvalue weighted by Crippen LogP contribution is 2.18. The summed E-state index contributed by atoms with van der Waals surface area (Å²) in [7, 11) is 1.95. The molecule has 0 bridgehead atoms. The number of benzene rings is 2. The van der Waals surface area contributed by atoms with Crippen LogP contribution in [0.4, 0.5) is 0 Å². The topological polar surface area (TPSA) is 118 Å². The quantitative estimate of drug-likeness (QED) is 0.365. The van der Waals surface area contributed by atoms with E-state index in [-0.39, 0.29) is 0 Å². The predicted octanol–water partition coefficient (Wildman–Crippen LogP) is 3.74. The number of aldehydes is 1. The van der Waals surface area contributed by atoms with E-state index in [1.54, 1.807) is 12.1 Å². The van der Waals surface area contributed by atoms with Crippen LogP contribution in [0.25, 0.3) is 0 Å². The van der Waals surface area contributed by atoms with Gasteiger partial charge in [0.1, 0.15) is 6.04 Å². The number of hydrogen-bond donors (Lipinski definition) is 4. The van der Waals surface area contributed by atoms with Gasteiger partial charge in [0.05, 0.1) is 5.02 Å². The summed E-state index contributed by atoms with van der Waals surface area (Å²) in [5.41, 5.74) is 12.2. The van der Waals surface area contributed by atoms with E-state index >= 15 is 0 Å². The molecule has 6 N–H and O–H groups in total. The summed E-state index contributed by atoms with van der Waals surface area (Å²) in [6.45, 7) is 1.56. The molecule has 29 heavy (non-hydrogen) atoms. The Morgan fingerprint density at radius 3 is 2.31 bits per heavy atom. The van der Waals surface area contributed by atoms with Gasteiger partial charge in [0.2, 0.25) is 0 Å². The highest BCUT2D eigenvalue weighted by atomic mass is 35.5. The second-order valence-electron chi connectivity index (χ2n) is 6.03. The number of aliphatic carboxylic acids is 1. The lowest BCUT2D eigenvalue weighted by molar-refractivity contribution is -0.138. The molecule has 0 aromatic heterocycles. The molecule has 0 unspecified atom stereocenters. The summed E-state index contributed by atoms with van der Waals surface area (Å²) in [5, 5.41) is 12.3. The predicted molar refractivity (Wildman–Crippen MR) is 120 cm³/mol. The van der Waals surface area contributed by atoms with E-state index in [1.807, 2.05) is 25.2 Å². The van der Waals surface area contributed by atoms with Crippen LogP contribution in [0.2, 0.25) is 10.0 Å². The third kappa shape index (κ3) is 13.8. The molecule has 0 saturated carbocycles. The molecular formula is C21H29Cl2N3O3. The van der Waals surface area contributed by atoms with Crippen LogP contribution in [0.5, 0.6) is 0 Å². The summed E-state index contributed by atoms with van der Waals surface area (Å²) in [6.07, 6.45) is 2.86. The van der Waals surface area contributed by atoms with Crippen molar-refractivity contribution in [1.82, 2.24) is 5.32 Å². The number of hydrogen-bond acceptors (Lipinski definition) is 5. The van der Waals surface area contributed by atoms with E-state index in [0.717, 1.165) is 19.4 Å². The molecule has 0 saturated heterocycles. The summed E-state index contributed by atoms with van der Waals surface area (Å²) >= 11 is 11.2. The van der Waals surface area contributed by atoms with Gasteiger partial charge >= 0.3 is 5.97 Å². The average molecular weight is 442 g/mol. The molecule has 0 aliphatic carbocycles. The van der Waals surface area contributed by atoms with Crippen LogP contribution in [-0.4, -0.2) is 37.0 Å². The smallest absolute Gasteiger partial charge is 0.320 e. The second-order valence-corrected chi connectivity index (χ2v) is 6.87. The molecule has 0 amide bonds. The number of unbranched alkanes of at least 4 members (excludes halogenated alkanes) is 1. The lowest BCUT2D eigenvalue weighted by Gasteiger charge is -2.03. The van der Waals surface area contributed by atoms with Gasteiger partial charge in [0.25, 0.3) is 0 Å². The number of carboxylic acids is 1. The van der Waals surface area contributed by atoms with E-state index < -0.39 is 12.0 Å². The Hall–Kier alpha value is -1.96. The van der Waals surface area contributed by atoms with Crippen LogP contribution >= 0.6 is 23.2 Å². The van der Waals surface area contributed by atoms with Crippen LogP contribution < -0.4 is 16.8 Å². The lowest BCUT2D eigenvalue weighted by atomic mass is 10.1. The standard InChI is InChI=1S/C8H11N.C7H4Cl2O.C6H14N2O2/c1-9-7-8-5-3-2-4-6-8;8-6-2-1-5(4-10)7(9)3-6;7-4-2-1-3-5(8)6(9)10/h2-6,9H,7H2,1H3;1-4H;5H,1-4,7-8H2,(H,9,10)/t;;5-/m..0/s1. The van der Waals surface area contributed by atoms with E-state index in [2.05, 4.69) is 17.4 Å². The molecule has 2 rings (SSSR count). The largest absolute Gasteiger partial charge is 0.480 e. The van der Waals surface area contributed by atoms with Crippen molar-refractivity contribution in [2.75, 3.05) is 13.6 Å². The fraction of sp³-hybridized carbons (Fsp3) is 0.333. The molecule has 160 valence electrons. The highest BCUT2D eigenvalue weighted by Gasteiger charge is 2.09. The van der Waals surface area contributed by atoms with Gasteiger partial charge in [-0.1, -0.05) is 60.0 Å². The van der Waals surface area contributed by atoms with E-state index in [0.29, 0.717) is 34.9 Å². The number of nitrogens with one attached hydrogen (secondary N) is 1. The first kappa shape index (κ1) is 27.0. The molecule has 0 spiro atoms. The molecule has 2 aromatic carbocycles. The van der Waals surface area contributed by atoms with Crippen molar-refractivity contribution in [1.29, 1.82) is 0 Å². The van der Waals surface area contributed by atoms with E-state index in [9.17, 15) is 9.59 Å². The van der Waals surface area contributed by atoms with Gasteiger partial charge in [-0.25, -0.2) is 0 Å². The molecule has 6 nitrogen and oxygen atoms in total. The Labute approximate surface area is 182 Å². The number of carboxylic acid groups (broad SMARTS) is 1. The first-order valence-corrected chi connectivity index (χ1v) is 9.88. The maximum atomic E-state index is 10.2. The van der Waals surface area contributed by atoms with Gasteiger partial charge in [-0.15, -0.1) is 0 Å². The van der Waals surface area contributed by atoms with Crippen molar-refractivity contribution in [3.63, 3.8) is 0 Å². The Morgan fingerprint density at radius 2 is 1.83 bits per heavy atom. The molecule has 0 fully saturated rings. The molecule has 0 aliphatic rings. The van der Waals surface area contributed by atoms with Gasteiger partial charge < -0.3 is 21.9 Å². The zero-order chi connectivity index (χ0) is 22.1. The second kappa shape index (κ2) is 16.9. The summed E-state index contributed by atoms with van der Waals surface area (Å²) < 4.78 is 0. The van der Waals surface area contributed by atoms with Gasteiger partial charge in [0.15, 0.2) is 6.29 Å². The molecule has 2 aromatic rings. The van der Waals surface area contributed by atoms with Crippen molar-refractivity contribution >= 4 is 35.5 Å². The normalized spacial score (nSPS) is 10.7. The minimum atomic E-state index is -0.933. The van der Waals surface area contributed by atoms with Gasteiger partial charge in [-0.05, 0) is 50.2 Å². The molecule has 0 aliphatic heterocycles. The lowest BCUT2D eigenvalue weighted by Crippen LogP contribution is -2.29. The minimum absolute atomic E-state index is 0.391. The van der Waals surface area contributed by atoms with Crippen LogP contribution in [0, 0.1) is 0 Å². The third-order valence-corrected chi connectivity index (χ3v) is 4.16. The maximum absolute atomic E-state index is 10.2. The Bertz CT molecular complexity index is 716. The SMILES string of the molecule is CNCc1ccccc1.NCCCC[C@H](N)C(=O)O.O=Cc1ccc(Cl)cc1Cl. The van der Waals surface area contributed by atoms with Crippen molar-refractivity contribution in [3.05, 3.63) is 69.7 Å². The Morgan fingerprint density at radius 1 is 1.17 bits per heavy atom. The Balaban J connectivity index is 0.000000406. The van der Waals surface area contributed by atoms with Gasteiger partial charge in [-0.3, -0.25) is 9.59 Å². The highest BCUT2D eigenvalue weighted by molar-refractivity contribution is 6.36. The van der Waals surface area contributed by atoms with Gasteiger partial charge in [0, 0.05) is 17.1 Å². The van der Waals surface area contributed by atoms with Crippen molar-refractivity contribution in [3.8, 4) is 0 Å². The van der Waals surface area contributed by atoms with Crippen LogP contribution in [0.1, 0.15) is 35.2 Å². The summed E-state index contributed by atoms with van der Waals surface area (Å²) in [5.74, 6) is -0.933. The molecule has 8 heteroatoms. The van der Waals surface area contributed by atoms with Gasteiger partial charge in [-0.2, -0.15) is 0 Å². The number of rotatable bonds is 8. The van der Waals surface area contributed by atoms with Crippen LogP contribution in [0.15, 0.2) is 48.5 Å². The van der Waals surface area contributed by atoms with E-state index in [1.165, 1.54) is 11.6 Å². The molecule has 0 radical (unpaired) electrons. The number of nitrogens with two attached hydrogens (primary N) is 2. The monoisotopic (exact) mass is 441 g/mol. The molecule has 0 heterocycles. The first-order chi connectivity index (χ1) is 13.8. The zero-order valence-electron chi connectivity index (χ0n) is 16.5. The molecule has 1 atom stereocenters. The maximum Gasteiger partial charge on any atom is 0.320 e.